The average molecular weight is 391 g/mol. The van der Waals surface area contributed by atoms with Gasteiger partial charge < -0.3 is 10.6 Å². The van der Waals surface area contributed by atoms with E-state index in [0.29, 0.717) is 11.0 Å². The van der Waals surface area contributed by atoms with E-state index in [4.69, 9.17) is 10.6 Å². The van der Waals surface area contributed by atoms with Crippen LogP contribution in [0.3, 0.4) is 0 Å². The third kappa shape index (κ3) is 3.68. The molecule has 0 aliphatic heterocycles. The first-order valence-electron chi connectivity index (χ1n) is 6.89. The molecule has 2 aromatic carbocycles. The van der Waals surface area contributed by atoms with Gasteiger partial charge in [0.05, 0.1) is 7.11 Å². The Hall–Kier alpha value is -1.99. The zero-order valence-corrected chi connectivity index (χ0v) is 14.8. The summed E-state index contributed by atoms with van der Waals surface area (Å²) < 4.78 is 7.73. The van der Waals surface area contributed by atoms with Gasteiger partial charge in [-0.05, 0) is 29.8 Å². The molecule has 23 heavy (non-hydrogen) atoms. The second kappa shape index (κ2) is 7.06. The van der Waals surface area contributed by atoms with Crippen LogP contribution in [-0.2, 0) is 5.75 Å². The first-order chi connectivity index (χ1) is 11.2. The quantitative estimate of drug-likeness (QED) is 0.531. The molecule has 1 heterocycles. The summed E-state index contributed by atoms with van der Waals surface area (Å²) in [7, 11) is 1.66. The van der Waals surface area contributed by atoms with Gasteiger partial charge in [-0.3, -0.25) is 0 Å². The smallest absolute Gasteiger partial charge is 0.210 e. The van der Waals surface area contributed by atoms with Crippen molar-refractivity contribution in [1.29, 1.82) is 0 Å². The van der Waals surface area contributed by atoms with E-state index in [-0.39, 0.29) is 0 Å². The van der Waals surface area contributed by atoms with Crippen LogP contribution in [0.5, 0.6) is 5.75 Å². The minimum absolute atomic E-state index is 0.638. The first-order valence-corrected chi connectivity index (χ1v) is 8.67. The minimum atomic E-state index is 0.638. The molecule has 1 aromatic heterocycles. The molecule has 0 bridgehead atoms. The Kier molecular flexibility index (Phi) is 4.88. The Bertz CT molecular complexity index is 821. The molecule has 3 rings (SSSR count). The highest BCUT2D eigenvalue weighted by Gasteiger charge is 2.12. The molecule has 0 saturated carbocycles. The van der Waals surface area contributed by atoms with Gasteiger partial charge in [-0.25, -0.2) is 4.68 Å². The third-order valence-electron chi connectivity index (χ3n) is 3.25. The molecular weight excluding hydrogens is 376 g/mol. The van der Waals surface area contributed by atoms with E-state index in [1.54, 1.807) is 7.11 Å². The first kappa shape index (κ1) is 15.9. The molecule has 0 amide bonds. The van der Waals surface area contributed by atoms with Crippen molar-refractivity contribution >= 4 is 27.7 Å². The van der Waals surface area contributed by atoms with Crippen LogP contribution in [0, 0.1) is 0 Å². The molecule has 7 heteroatoms. The average Bonchev–Trinajstić information content (AvgIpc) is 2.94. The molecule has 0 radical (unpaired) electrons. The van der Waals surface area contributed by atoms with E-state index >= 15 is 0 Å². The van der Waals surface area contributed by atoms with Crippen molar-refractivity contribution in [1.82, 2.24) is 14.9 Å². The van der Waals surface area contributed by atoms with Crippen molar-refractivity contribution in [2.24, 2.45) is 0 Å². The Balaban J connectivity index is 1.77. The second-order valence-electron chi connectivity index (χ2n) is 4.83. The van der Waals surface area contributed by atoms with Crippen LogP contribution in [0.15, 0.2) is 58.2 Å². The van der Waals surface area contributed by atoms with Crippen LogP contribution in [0.4, 0.5) is 0 Å². The summed E-state index contributed by atoms with van der Waals surface area (Å²) in [5.74, 6) is 8.36. The number of rotatable bonds is 5. The van der Waals surface area contributed by atoms with Crippen molar-refractivity contribution in [3.63, 3.8) is 0 Å². The highest BCUT2D eigenvalue weighted by molar-refractivity contribution is 9.10. The summed E-state index contributed by atoms with van der Waals surface area (Å²) in [5.41, 5.74) is 2.06. The van der Waals surface area contributed by atoms with Gasteiger partial charge >= 0.3 is 0 Å². The number of nitrogens with zero attached hydrogens (tertiary/aromatic N) is 3. The van der Waals surface area contributed by atoms with Crippen molar-refractivity contribution in [3.8, 4) is 17.1 Å². The van der Waals surface area contributed by atoms with Gasteiger partial charge in [0.15, 0.2) is 5.82 Å². The number of hydrogen-bond donors (Lipinski definition) is 1. The standard InChI is InChI=1S/C16H15BrN4OS/c1-22-14-7-2-4-11(8-14)10-23-16-20-19-15(21(16)18)12-5-3-6-13(17)9-12/h2-9H,10,18H2,1H3. The number of benzene rings is 2. The Morgan fingerprint density at radius 3 is 2.78 bits per heavy atom. The monoisotopic (exact) mass is 390 g/mol. The summed E-state index contributed by atoms with van der Waals surface area (Å²) in [6.07, 6.45) is 0. The molecule has 2 N–H and O–H groups in total. The van der Waals surface area contributed by atoms with Crippen LogP contribution < -0.4 is 10.6 Å². The highest BCUT2D eigenvalue weighted by Crippen LogP contribution is 2.26. The molecule has 118 valence electrons. The van der Waals surface area contributed by atoms with Gasteiger partial charge in [0.2, 0.25) is 5.16 Å². The summed E-state index contributed by atoms with van der Waals surface area (Å²) in [6, 6.07) is 15.7. The fourth-order valence-electron chi connectivity index (χ4n) is 2.11. The van der Waals surface area contributed by atoms with Crippen LogP contribution in [0.1, 0.15) is 5.56 Å². The van der Waals surface area contributed by atoms with E-state index in [2.05, 4.69) is 26.1 Å². The van der Waals surface area contributed by atoms with Crippen molar-refractivity contribution < 1.29 is 4.74 Å². The zero-order chi connectivity index (χ0) is 16.2. The number of methoxy groups -OCH3 is 1. The largest absolute Gasteiger partial charge is 0.497 e. The molecular formula is C16H15BrN4OS. The van der Waals surface area contributed by atoms with Gasteiger partial charge in [-0.1, -0.05) is 52.0 Å². The number of hydrogen-bond acceptors (Lipinski definition) is 5. The van der Waals surface area contributed by atoms with E-state index < -0.39 is 0 Å². The molecule has 0 aliphatic carbocycles. The summed E-state index contributed by atoms with van der Waals surface area (Å²) in [5, 5.41) is 9.05. The molecule has 5 nitrogen and oxygen atoms in total. The van der Waals surface area contributed by atoms with Crippen LogP contribution in [-0.4, -0.2) is 22.0 Å². The van der Waals surface area contributed by atoms with Crippen LogP contribution in [0.2, 0.25) is 0 Å². The number of nitrogen functional groups attached to an aromatic ring is 1. The van der Waals surface area contributed by atoms with E-state index in [1.165, 1.54) is 16.4 Å². The second-order valence-corrected chi connectivity index (χ2v) is 6.68. The summed E-state index contributed by atoms with van der Waals surface area (Å²) >= 11 is 4.99. The maximum atomic E-state index is 6.14. The predicted molar refractivity (Wildman–Crippen MR) is 95.9 cm³/mol. The van der Waals surface area contributed by atoms with Gasteiger partial charge in [-0.2, -0.15) is 0 Å². The van der Waals surface area contributed by atoms with Gasteiger partial charge in [-0.15, -0.1) is 10.2 Å². The molecule has 0 unspecified atom stereocenters. The van der Waals surface area contributed by atoms with Crippen LogP contribution in [0.25, 0.3) is 11.4 Å². The van der Waals surface area contributed by atoms with Gasteiger partial charge in [0.25, 0.3) is 0 Å². The molecule has 0 saturated heterocycles. The number of ether oxygens (including phenoxy) is 1. The maximum absolute atomic E-state index is 6.14. The van der Waals surface area contributed by atoms with Crippen LogP contribution >= 0.6 is 27.7 Å². The number of nitrogens with two attached hydrogens (primary N) is 1. The number of aromatic nitrogens is 3. The molecule has 3 aromatic rings. The highest BCUT2D eigenvalue weighted by atomic mass is 79.9. The molecule has 0 fully saturated rings. The topological polar surface area (TPSA) is 66.0 Å². The minimum Gasteiger partial charge on any atom is -0.497 e. The summed E-state index contributed by atoms with van der Waals surface area (Å²) in [4.78, 5) is 0. The molecule has 0 aliphatic rings. The lowest BCUT2D eigenvalue weighted by atomic mass is 10.2. The van der Waals surface area contributed by atoms with Crippen molar-refractivity contribution in [2.75, 3.05) is 13.0 Å². The maximum Gasteiger partial charge on any atom is 0.210 e. The lowest BCUT2D eigenvalue weighted by Gasteiger charge is -2.05. The molecule has 0 atom stereocenters. The predicted octanol–water partition coefficient (Wildman–Crippen LogP) is 3.72. The van der Waals surface area contributed by atoms with Crippen molar-refractivity contribution in [2.45, 2.75) is 10.9 Å². The SMILES string of the molecule is COc1cccc(CSc2nnc(-c3cccc(Br)c3)n2N)c1. The lowest BCUT2D eigenvalue weighted by Crippen LogP contribution is -2.11. The van der Waals surface area contributed by atoms with E-state index in [9.17, 15) is 0 Å². The van der Waals surface area contributed by atoms with E-state index in [0.717, 1.165) is 27.1 Å². The van der Waals surface area contributed by atoms with Gasteiger partial charge in [0, 0.05) is 15.8 Å². The Labute approximate surface area is 147 Å². The normalized spacial score (nSPS) is 10.7. The number of thioether (sulfide) groups is 1. The van der Waals surface area contributed by atoms with E-state index in [1.807, 2.05) is 48.5 Å². The van der Waals surface area contributed by atoms with Crippen molar-refractivity contribution in [3.05, 3.63) is 58.6 Å². The lowest BCUT2D eigenvalue weighted by molar-refractivity contribution is 0.414. The zero-order valence-electron chi connectivity index (χ0n) is 12.4. The van der Waals surface area contributed by atoms with Gasteiger partial charge in [0.1, 0.15) is 5.75 Å². The molecule has 0 spiro atoms. The Morgan fingerprint density at radius 1 is 1.17 bits per heavy atom. The Morgan fingerprint density at radius 2 is 2.00 bits per heavy atom. The third-order valence-corrected chi connectivity index (χ3v) is 4.76. The summed E-state index contributed by atoms with van der Waals surface area (Å²) in [6.45, 7) is 0. The fourth-order valence-corrected chi connectivity index (χ4v) is 3.31. The number of halogens is 1. The fraction of sp³-hybridized carbons (Fsp3) is 0.125.